The van der Waals surface area contributed by atoms with E-state index in [9.17, 15) is 5.26 Å². The van der Waals surface area contributed by atoms with Crippen LogP contribution in [0, 0.1) is 11.3 Å². The Kier molecular flexibility index (Phi) is 5.91. The third-order valence-electron chi connectivity index (χ3n) is 6.35. The van der Waals surface area contributed by atoms with Gasteiger partial charge in [0.05, 0.1) is 19.6 Å². The van der Waals surface area contributed by atoms with Gasteiger partial charge in [-0.25, -0.2) is 0 Å². The average Bonchev–Trinajstić information content (AvgIpc) is 2.92. The molecule has 0 N–H and O–H groups in total. The van der Waals surface area contributed by atoms with Crippen LogP contribution in [0.4, 0.5) is 0 Å². The Morgan fingerprint density at radius 2 is 1.14 bits per heavy atom. The number of ether oxygens (including phenoxy) is 2. The predicted octanol–water partition coefficient (Wildman–Crippen LogP) is 6.55. The van der Waals surface area contributed by atoms with Gasteiger partial charge in [-0.05, 0) is 58.0 Å². The molecule has 5 aromatic rings. The molecule has 0 saturated heterocycles. The Morgan fingerprint density at radius 1 is 0.629 bits per heavy atom. The van der Waals surface area contributed by atoms with E-state index in [-0.39, 0.29) is 0 Å². The Hall–Kier alpha value is -4.62. The lowest BCUT2D eigenvalue weighted by Crippen LogP contribution is -2.35. The van der Waals surface area contributed by atoms with Crippen LogP contribution in [0.1, 0.15) is 5.69 Å². The van der Waals surface area contributed by atoms with Crippen molar-refractivity contribution < 1.29 is 14.0 Å². The van der Waals surface area contributed by atoms with Crippen molar-refractivity contribution in [2.24, 2.45) is 7.05 Å². The molecule has 0 aliphatic carbocycles. The van der Waals surface area contributed by atoms with Crippen molar-refractivity contribution in [2.75, 3.05) is 14.2 Å². The second-order valence-electron chi connectivity index (χ2n) is 8.37. The largest absolute Gasteiger partial charge is 0.493 e. The summed E-state index contributed by atoms with van der Waals surface area (Å²) in [6, 6.07) is 35.6. The molecule has 0 bridgehead atoms. The van der Waals surface area contributed by atoms with Crippen molar-refractivity contribution in [3.05, 3.63) is 103 Å². The summed E-state index contributed by atoms with van der Waals surface area (Å²) < 4.78 is 13.0. The molecule has 0 aliphatic heterocycles. The molecule has 0 radical (unpaired) electrons. The normalized spacial score (nSPS) is 10.7. The molecule has 4 heteroatoms. The number of nitriles is 1. The van der Waals surface area contributed by atoms with Crippen LogP contribution in [0.15, 0.2) is 97.1 Å². The molecule has 35 heavy (non-hydrogen) atoms. The molecule has 0 spiro atoms. The molecule has 0 amide bonds. The lowest BCUT2D eigenvalue weighted by atomic mass is 9.94. The van der Waals surface area contributed by atoms with Crippen molar-refractivity contribution >= 4 is 10.8 Å². The first kappa shape index (κ1) is 22.2. The molecule has 4 nitrogen and oxygen atoms in total. The van der Waals surface area contributed by atoms with E-state index in [1.54, 1.807) is 14.2 Å². The number of fused-ring (bicyclic) bond motifs is 1. The molecule has 0 atom stereocenters. The molecule has 170 valence electrons. The zero-order valence-corrected chi connectivity index (χ0v) is 19.9. The Bertz CT molecular complexity index is 1510. The topological polar surface area (TPSA) is 46.1 Å². The molecule has 0 saturated carbocycles. The van der Waals surface area contributed by atoms with E-state index < -0.39 is 0 Å². The van der Waals surface area contributed by atoms with E-state index >= 15 is 0 Å². The van der Waals surface area contributed by atoms with E-state index in [0.717, 1.165) is 44.3 Å². The highest BCUT2D eigenvalue weighted by Crippen LogP contribution is 2.36. The van der Waals surface area contributed by atoms with Crippen molar-refractivity contribution in [1.82, 2.24) is 0 Å². The van der Waals surface area contributed by atoms with Gasteiger partial charge in [-0.1, -0.05) is 60.7 Å². The number of nitrogens with zero attached hydrogens (tertiary/aromatic N) is 2. The van der Waals surface area contributed by atoms with Gasteiger partial charge in [0.1, 0.15) is 7.05 Å². The number of pyridine rings is 1. The van der Waals surface area contributed by atoms with Gasteiger partial charge in [-0.15, -0.1) is 0 Å². The fraction of sp³-hybridized carbons (Fsp3) is 0.0968. The average molecular weight is 458 g/mol. The fourth-order valence-electron chi connectivity index (χ4n) is 4.55. The first-order chi connectivity index (χ1) is 17.1. The highest BCUT2D eigenvalue weighted by molar-refractivity contribution is 5.91. The van der Waals surface area contributed by atoms with E-state index in [2.05, 4.69) is 54.6 Å². The van der Waals surface area contributed by atoms with Crippen LogP contribution in [0.2, 0.25) is 0 Å². The lowest BCUT2D eigenvalue weighted by molar-refractivity contribution is -0.661. The van der Waals surface area contributed by atoms with Crippen molar-refractivity contribution in [3.8, 4) is 51.1 Å². The summed E-state index contributed by atoms with van der Waals surface area (Å²) in [7, 11) is 5.15. The van der Waals surface area contributed by atoms with Crippen molar-refractivity contribution in [3.63, 3.8) is 0 Å². The molecule has 0 unspecified atom stereocenters. The molecule has 5 rings (SSSR count). The summed E-state index contributed by atoms with van der Waals surface area (Å²) in [5.41, 5.74) is 7.05. The maximum Gasteiger partial charge on any atom is 0.291 e. The second-order valence-corrected chi connectivity index (χ2v) is 8.37. The van der Waals surface area contributed by atoms with Crippen LogP contribution in [-0.2, 0) is 7.05 Å². The minimum Gasteiger partial charge on any atom is -0.493 e. The SMILES string of the molecule is COc1cc2cc(-c3cc(-c4ccccc4)cc(-c4ccccc4)c3)[n+](C)c(C#N)c2cc1OC. The van der Waals surface area contributed by atoms with Crippen LogP contribution >= 0.6 is 0 Å². The number of hydrogen-bond donors (Lipinski definition) is 0. The van der Waals surface area contributed by atoms with Crippen LogP contribution in [0.5, 0.6) is 11.5 Å². The zero-order valence-electron chi connectivity index (χ0n) is 19.9. The van der Waals surface area contributed by atoms with Crippen LogP contribution in [-0.4, -0.2) is 14.2 Å². The van der Waals surface area contributed by atoms with E-state index in [1.807, 2.05) is 60.1 Å². The molecular weight excluding hydrogens is 432 g/mol. The predicted molar refractivity (Wildman–Crippen MR) is 139 cm³/mol. The minimum absolute atomic E-state index is 0.560. The minimum atomic E-state index is 0.560. The van der Waals surface area contributed by atoms with Gasteiger partial charge in [0, 0.05) is 11.6 Å². The first-order valence-electron chi connectivity index (χ1n) is 11.4. The highest BCUT2D eigenvalue weighted by atomic mass is 16.5. The summed E-state index contributed by atoms with van der Waals surface area (Å²) in [4.78, 5) is 0. The number of benzene rings is 4. The quantitative estimate of drug-likeness (QED) is 0.281. The van der Waals surface area contributed by atoms with Gasteiger partial charge < -0.3 is 9.47 Å². The van der Waals surface area contributed by atoms with Gasteiger partial charge in [-0.3, -0.25) is 0 Å². The monoisotopic (exact) mass is 457 g/mol. The summed E-state index contributed by atoms with van der Waals surface area (Å²) in [6.07, 6.45) is 0. The van der Waals surface area contributed by atoms with E-state index in [0.29, 0.717) is 17.2 Å². The number of hydrogen-bond acceptors (Lipinski definition) is 3. The van der Waals surface area contributed by atoms with Crippen LogP contribution in [0.25, 0.3) is 44.3 Å². The van der Waals surface area contributed by atoms with Gasteiger partial charge >= 0.3 is 0 Å². The Balaban J connectivity index is 1.80. The molecular formula is C31H25N2O2+. The number of rotatable bonds is 5. The Morgan fingerprint density at radius 3 is 1.66 bits per heavy atom. The van der Waals surface area contributed by atoms with Gasteiger partial charge in [0.25, 0.3) is 5.69 Å². The zero-order chi connectivity index (χ0) is 24.4. The van der Waals surface area contributed by atoms with Crippen molar-refractivity contribution in [1.29, 1.82) is 5.26 Å². The van der Waals surface area contributed by atoms with E-state index in [1.165, 1.54) is 0 Å². The lowest BCUT2D eigenvalue weighted by Gasteiger charge is -2.13. The van der Waals surface area contributed by atoms with Gasteiger partial charge in [-0.2, -0.15) is 9.83 Å². The van der Waals surface area contributed by atoms with E-state index in [4.69, 9.17) is 9.47 Å². The summed E-state index contributed by atoms with van der Waals surface area (Å²) >= 11 is 0. The third kappa shape index (κ3) is 4.09. The Labute approximate surface area is 205 Å². The third-order valence-corrected chi connectivity index (χ3v) is 6.35. The van der Waals surface area contributed by atoms with Gasteiger partial charge in [0.15, 0.2) is 17.6 Å². The first-order valence-corrected chi connectivity index (χ1v) is 11.4. The van der Waals surface area contributed by atoms with Crippen LogP contribution < -0.4 is 14.0 Å². The molecule has 0 aliphatic rings. The summed E-state index contributed by atoms with van der Waals surface area (Å²) in [5, 5.41) is 11.8. The summed E-state index contributed by atoms with van der Waals surface area (Å²) in [6.45, 7) is 0. The van der Waals surface area contributed by atoms with Crippen molar-refractivity contribution in [2.45, 2.75) is 0 Å². The number of aromatic nitrogens is 1. The smallest absolute Gasteiger partial charge is 0.291 e. The highest BCUT2D eigenvalue weighted by Gasteiger charge is 2.22. The standard InChI is InChI=1S/C31H25N2O2/c1-33-28(17-25-18-30(34-2)31(35-3)19-27(25)29(33)20-32)26-15-23(21-10-6-4-7-11-21)14-24(16-26)22-12-8-5-9-13-22/h4-19H,1-3H3/q+1. The fourth-order valence-corrected chi connectivity index (χ4v) is 4.55. The maximum atomic E-state index is 10.1. The maximum absolute atomic E-state index is 10.1. The van der Waals surface area contributed by atoms with Crippen LogP contribution in [0.3, 0.4) is 0 Å². The van der Waals surface area contributed by atoms with Gasteiger partial charge in [0.2, 0.25) is 5.69 Å². The molecule has 4 aromatic carbocycles. The number of methoxy groups -OCH3 is 2. The second kappa shape index (κ2) is 9.32. The molecule has 0 fully saturated rings. The molecule has 1 heterocycles. The molecule has 1 aromatic heterocycles. The summed E-state index contributed by atoms with van der Waals surface area (Å²) in [5.74, 6) is 1.23.